The number of rotatable bonds is 7. The lowest BCUT2D eigenvalue weighted by Gasteiger charge is -2.41. The number of benzene rings is 1. The van der Waals surface area contributed by atoms with Gasteiger partial charge in [-0.15, -0.1) is 0 Å². The number of imidazole rings is 1. The molecule has 0 N–H and O–H groups in total. The SMILES string of the molecule is CC(C)C[N+](C=O)(c1ccc(Cn2ccc3ncnc-3c2)cc1)C1CCCCC1. The van der Waals surface area contributed by atoms with Crippen molar-refractivity contribution in [3.05, 3.63) is 54.6 Å². The largest absolute Gasteiger partial charge is 0.348 e. The van der Waals surface area contributed by atoms with Crippen LogP contribution in [0.2, 0.25) is 0 Å². The first kappa shape index (κ1) is 19.8. The molecule has 1 unspecified atom stereocenters. The molecular formula is C24H31N4O+. The van der Waals surface area contributed by atoms with Gasteiger partial charge in [0.2, 0.25) is 0 Å². The Morgan fingerprint density at radius 3 is 2.48 bits per heavy atom. The molecular weight excluding hydrogens is 360 g/mol. The second-order valence-electron chi connectivity index (χ2n) is 8.83. The van der Waals surface area contributed by atoms with E-state index in [1.807, 2.05) is 18.5 Å². The average molecular weight is 392 g/mol. The standard InChI is InChI=1S/C24H31N4O/c1-19(2)16-28(18-29,21-6-4-3-5-7-21)22-10-8-20(9-11-22)14-27-13-12-23-24(15-27)26-17-25-23/h8-13,15,17-19,21H,3-7,14,16H2,1-2H3/q+1. The average Bonchev–Trinajstić information content (AvgIpc) is 3.21. The second-order valence-corrected chi connectivity index (χ2v) is 8.83. The number of hydrogen-bond acceptors (Lipinski definition) is 3. The molecule has 1 fully saturated rings. The lowest BCUT2D eigenvalue weighted by Crippen LogP contribution is -2.58. The van der Waals surface area contributed by atoms with Crippen molar-refractivity contribution in [2.45, 2.75) is 58.5 Å². The quantitative estimate of drug-likeness (QED) is 0.426. The summed E-state index contributed by atoms with van der Waals surface area (Å²) in [6, 6.07) is 11.1. The first-order chi connectivity index (χ1) is 14.1. The van der Waals surface area contributed by atoms with Crippen LogP contribution in [0.5, 0.6) is 0 Å². The van der Waals surface area contributed by atoms with E-state index in [0.29, 0.717) is 16.4 Å². The first-order valence-electron chi connectivity index (χ1n) is 10.8. The van der Waals surface area contributed by atoms with Crippen molar-refractivity contribution >= 4 is 12.1 Å². The third-order valence-corrected chi connectivity index (χ3v) is 6.23. The number of fused-ring (bicyclic) bond motifs is 1. The summed E-state index contributed by atoms with van der Waals surface area (Å²) in [5, 5.41) is 0. The lowest BCUT2D eigenvalue weighted by molar-refractivity contribution is -0.120. The van der Waals surface area contributed by atoms with E-state index in [9.17, 15) is 4.79 Å². The third-order valence-electron chi connectivity index (χ3n) is 6.23. The maximum Gasteiger partial charge on any atom is 0.306 e. The van der Waals surface area contributed by atoms with Gasteiger partial charge in [-0.25, -0.2) is 19.2 Å². The van der Waals surface area contributed by atoms with Gasteiger partial charge in [-0.05, 0) is 36.6 Å². The smallest absolute Gasteiger partial charge is 0.306 e. The van der Waals surface area contributed by atoms with Crippen LogP contribution in [0.4, 0.5) is 5.69 Å². The van der Waals surface area contributed by atoms with E-state index in [1.54, 1.807) is 6.33 Å². The molecule has 5 nitrogen and oxygen atoms in total. The molecule has 5 heteroatoms. The molecule has 1 aliphatic carbocycles. The van der Waals surface area contributed by atoms with Crippen LogP contribution in [0.25, 0.3) is 11.4 Å². The fourth-order valence-electron chi connectivity index (χ4n) is 4.87. The summed E-state index contributed by atoms with van der Waals surface area (Å²) in [6.45, 7) is 6.08. The number of pyridine rings is 1. The number of carbonyl (C=O) groups excluding carboxylic acids is 1. The van der Waals surface area contributed by atoms with Crippen LogP contribution >= 0.6 is 0 Å². The zero-order chi connectivity index (χ0) is 20.3. The summed E-state index contributed by atoms with van der Waals surface area (Å²) in [6.07, 6.45) is 12.9. The number of nitrogens with zero attached hydrogens (tertiary/aromatic N) is 4. The normalized spacial score (nSPS) is 17.5. The Morgan fingerprint density at radius 2 is 1.79 bits per heavy atom. The fraction of sp³-hybridized carbons (Fsp3) is 0.458. The highest BCUT2D eigenvalue weighted by Gasteiger charge is 2.40. The van der Waals surface area contributed by atoms with Crippen molar-refractivity contribution in [3.63, 3.8) is 0 Å². The first-order valence-corrected chi connectivity index (χ1v) is 10.8. The monoisotopic (exact) mass is 391 g/mol. The maximum atomic E-state index is 12.5. The van der Waals surface area contributed by atoms with Gasteiger partial charge < -0.3 is 4.57 Å². The van der Waals surface area contributed by atoms with E-state index < -0.39 is 0 Å². The summed E-state index contributed by atoms with van der Waals surface area (Å²) in [5.41, 5.74) is 4.18. The molecule has 0 saturated heterocycles. The summed E-state index contributed by atoms with van der Waals surface area (Å²) in [5.74, 6) is 0.467. The van der Waals surface area contributed by atoms with Gasteiger partial charge in [-0.2, -0.15) is 0 Å². The van der Waals surface area contributed by atoms with Crippen LogP contribution in [0.3, 0.4) is 0 Å². The van der Waals surface area contributed by atoms with Crippen molar-refractivity contribution in [1.29, 1.82) is 0 Å². The topological polar surface area (TPSA) is 47.8 Å². The highest BCUT2D eigenvalue weighted by molar-refractivity contribution is 5.70. The van der Waals surface area contributed by atoms with Gasteiger partial charge in [-0.3, -0.25) is 0 Å². The lowest BCUT2D eigenvalue weighted by atomic mass is 9.91. The van der Waals surface area contributed by atoms with Crippen LogP contribution in [0, 0.1) is 5.92 Å². The zero-order valence-corrected chi connectivity index (χ0v) is 17.5. The van der Waals surface area contributed by atoms with Crippen LogP contribution in [0.15, 0.2) is 49.1 Å². The van der Waals surface area contributed by atoms with E-state index in [-0.39, 0.29) is 0 Å². The van der Waals surface area contributed by atoms with Gasteiger partial charge in [0.05, 0.1) is 12.2 Å². The molecule has 0 bridgehead atoms. The van der Waals surface area contributed by atoms with Crippen LogP contribution in [-0.4, -0.2) is 33.5 Å². The van der Waals surface area contributed by atoms with Gasteiger partial charge >= 0.3 is 6.41 Å². The van der Waals surface area contributed by atoms with Gasteiger partial charge in [-0.1, -0.05) is 32.4 Å². The Labute approximate surface area is 173 Å². The fourth-order valence-corrected chi connectivity index (χ4v) is 4.87. The van der Waals surface area contributed by atoms with Crippen LogP contribution in [0.1, 0.15) is 51.5 Å². The summed E-state index contributed by atoms with van der Waals surface area (Å²) in [7, 11) is 0. The summed E-state index contributed by atoms with van der Waals surface area (Å²) in [4.78, 5) is 21.0. The number of amides is 1. The molecule has 1 aromatic rings. The van der Waals surface area contributed by atoms with Gasteiger partial charge in [0.1, 0.15) is 23.8 Å². The molecule has 0 aromatic heterocycles. The van der Waals surface area contributed by atoms with E-state index in [4.69, 9.17) is 0 Å². The van der Waals surface area contributed by atoms with Crippen molar-refractivity contribution in [3.8, 4) is 11.4 Å². The molecule has 4 rings (SSSR count). The van der Waals surface area contributed by atoms with Crippen molar-refractivity contribution in [2.75, 3.05) is 6.54 Å². The molecule has 29 heavy (non-hydrogen) atoms. The Bertz CT molecular complexity index is 911. The molecule has 0 radical (unpaired) electrons. The predicted octanol–water partition coefficient (Wildman–Crippen LogP) is 4.88. The maximum absolute atomic E-state index is 12.5. The van der Waals surface area contributed by atoms with Gasteiger partial charge in [0.15, 0.2) is 0 Å². The Morgan fingerprint density at radius 1 is 1.07 bits per heavy atom. The molecule has 2 aliphatic heterocycles. The van der Waals surface area contributed by atoms with E-state index >= 15 is 0 Å². The molecule has 152 valence electrons. The summed E-state index contributed by atoms with van der Waals surface area (Å²) < 4.78 is 2.60. The molecule has 2 heterocycles. The highest BCUT2D eigenvalue weighted by Crippen LogP contribution is 2.34. The second kappa shape index (κ2) is 8.46. The Balaban J connectivity index is 1.59. The minimum atomic E-state index is 0.405. The Hall–Kier alpha value is -2.53. The molecule has 1 atom stereocenters. The van der Waals surface area contributed by atoms with Crippen molar-refractivity contribution in [2.24, 2.45) is 5.92 Å². The van der Waals surface area contributed by atoms with Gasteiger partial charge in [0.25, 0.3) is 0 Å². The predicted molar refractivity (Wildman–Crippen MR) is 117 cm³/mol. The van der Waals surface area contributed by atoms with E-state index in [2.05, 4.69) is 52.6 Å². The minimum absolute atomic E-state index is 0.405. The number of hydrogen-bond donors (Lipinski definition) is 0. The molecule has 1 amide bonds. The molecule has 3 aliphatic rings. The summed E-state index contributed by atoms with van der Waals surface area (Å²) >= 11 is 0. The minimum Gasteiger partial charge on any atom is -0.348 e. The zero-order valence-electron chi connectivity index (χ0n) is 17.5. The van der Waals surface area contributed by atoms with Crippen LogP contribution in [-0.2, 0) is 11.3 Å². The molecule has 1 saturated carbocycles. The highest BCUT2D eigenvalue weighted by atomic mass is 16.1. The van der Waals surface area contributed by atoms with Crippen molar-refractivity contribution < 1.29 is 4.79 Å². The third kappa shape index (κ3) is 4.10. The number of quaternary nitrogens is 1. The van der Waals surface area contributed by atoms with E-state index in [0.717, 1.165) is 43.0 Å². The molecule has 0 spiro atoms. The van der Waals surface area contributed by atoms with Gasteiger partial charge in [0, 0.05) is 37.7 Å². The van der Waals surface area contributed by atoms with E-state index in [1.165, 1.54) is 31.2 Å². The number of aromatic nitrogens is 3. The Kier molecular flexibility index (Phi) is 5.76. The van der Waals surface area contributed by atoms with Crippen LogP contribution < -0.4 is 4.48 Å². The number of carbonyl (C=O) groups is 1. The molecule has 1 aromatic carbocycles. The van der Waals surface area contributed by atoms with Crippen molar-refractivity contribution in [1.82, 2.24) is 19.0 Å².